The number of ether oxygens (including phenoxy) is 1. The van der Waals surface area contributed by atoms with Crippen molar-refractivity contribution < 1.29 is 40.3 Å². The van der Waals surface area contributed by atoms with Crippen molar-refractivity contribution in [3.63, 3.8) is 0 Å². The third kappa shape index (κ3) is 4.08. The van der Waals surface area contributed by atoms with Crippen LogP contribution in [0.25, 0.3) is 0 Å². The lowest BCUT2D eigenvalue weighted by Gasteiger charge is -2.22. The molecule has 0 amide bonds. The van der Waals surface area contributed by atoms with Crippen LogP contribution < -0.4 is 4.74 Å². The van der Waals surface area contributed by atoms with Crippen LogP contribution in [0.15, 0.2) is 5.16 Å². The van der Waals surface area contributed by atoms with E-state index in [0.717, 1.165) is 7.05 Å². The third-order valence-corrected chi connectivity index (χ3v) is 4.17. The van der Waals surface area contributed by atoms with Gasteiger partial charge in [0.2, 0.25) is 5.88 Å². The number of rotatable bonds is 5. The van der Waals surface area contributed by atoms with E-state index >= 15 is 0 Å². The third-order valence-electron chi connectivity index (χ3n) is 3.27. The quantitative estimate of drug-likeness (QED) is 0.569. The Morgan fingerprint density at radius 2 is 2.00 bits per heavy atom. The summed E-state index contributed by atoms with van der Waals surface area (Å²) in [5, 5.41) is 4.63. The minimum atomic E-state index is -5.09. The van der Waals surface area contributed by atoms with Crippen molar-refractivity contribution in [2.45, 2.75) is 43.9 Å². The van der Waals surface area contributed by atoms with Gasteiger partial charge < -0.3 is 14.1 Å². The van der Waals surface area contributed by atoms with Crippen LogP contribution in [0.2, 0.25) is 0 Å². The first-order valence-electron chi connectivity index (χ1n) is 6.75. The van der Waals surface area contributed by atoms with E-state index < -0.39 is 51.9 Å². The molecule has 1 aliphatic heterocycles. The van der Waals surface area contributed by atoms with E-state index in [1.165, 1.54) is 0 Å². The van der Waals surface area contributed by atoms with Crippen molar-refractivity contribution >= 4 is 16.8 Å². The zero-order chi connectivity index (χ0) is 19.2. The van der Waals surface area contributed by atoms with Crippen LogP contribution in [0, 0.1) is 0 Å². The minimum absolute atomic E-state index is 0.119. The fourth-order valence-corrected chi connectivity index (χ4v) is 3.15. The molecule has 0 saturated carbocycles. The molecular formula is C12H13F5N3O4S-. The van der Waals surface area contributed by atoms with E-state index in [0.29, 0.717) is 4.68 Å². The fraction of sp³-hybridized carbons (Fsp3) is 0.667. The molecule has 2 heterocycles. The van der Waals surface area contributed by atoms with Crippen molar-refractivity contribution in [2.75, 3.05) is 0 Å². The zero-order valence-corrected chi connectivity index (χ0v) is 14.0. The van der Waals surface area contributed by atoms with Gasteiger partial charge in [-0.3, -0.25) is 4.21 Å². The lowest BCUT2D eigenvalue weighted by atomic mass is 9.97. The first kappa shape index (κ1) is 19.6. The Morgan fingerprint density at radius 3 is 2.40 bits per heavy atom. The van der Waals surface area contributed by atoms with E-state index in [4.69, 9.17) is 4.84 Å². The summed E-state index contributed by atoms with van der Waals surface area (Å²) < 4.78 is 92.7. The Balaban J connectivity index is 2.65. The van der Waals surface area contributed by atoms with Gasteiger partial charge in [0.25, 0.3) is 0 Å². The van der Waals surface area contributed by atoms with Crippen LogP contribution >= 0.6 is 0 Å². The average molecular weight is 390 g/mol. The maximum absolute atomic E-state index is 13.3. The van der Waals surface area contributed by atoms with Gasteiger partial charge in [0.05, 0.1) is 16.5 Å². The van der Waals surface area contributed by atoms with Gasteiger partial charge in [-0.1, -0.05) is 5.16 Å². The number of hydrogen-bond donors (Lipinski definition) is 0. The van der Waals surface area contributed by atoms with Crippen LogP contribution in [-0.4, -0.2) is 36.5 Å². The molecule has 2 rings (SSSR count). The van der Waals surface area contributed by atoms with Gasteiger partial charge in [-0.05, 0) is 24.9 Å². The molecular weight excluding hydrogens is 377 g/mol. The molecule has 25 heavy (non-hydrogen) atoms. The second kappa shape index (κ2) is 6.52. The molecule has 1 aromatic rings. The first-order valence-corrected chi connectivity index (χ1v) is 7.89. The van der Waals surface area contributed by atoms with Gasteiger partial charge in [0, 0.05) is 13.5 Å². The van der Waals surface area contributed by atoms with E-state index in [1.807, 2.05) is 0 Å². The second-order valence-corrected chi connectivity index (χ2v) is 6.81. The summed E-state index contributed by atoms with van der Waals surface area (Å²) in [5.41, 5.74) is -3.91. The monoisotopic (exact) mass is 390 g/mol. The Kier molecular flexibility index (Phi) is 5.10. The van der Waals surface area contributed by atoms with Crippen molar-refractivity contribution in [2.24, 2.45) is 12.2 Å². The van der Waals surface area contributed by atoms with E-state index in [9.17, 15) is 30.7 Å². The highest BCUT2D eigenvalue weighted by atomic mass is 32.2. The Hall–Kier alpha value is -1.76. The number of alkyl halides is 5. The molecule has 0 saturated heterocycles. The topological polar surface area (TPSA) is 88.8 Å². The molecule has 1 aliphatic rings. The first-order chi connectivity index (χ1) is 11.3. The molecule has 0 aromatic carbocycles. The van der Waals surface area contributed by atoms with Crippen LogP contribution in [0.3, 0.4) is 0 Å². The Morgan fingerprint density at radius 1 is 1.40 bits per heavy atom. The van der Waals surface area contributed by atoms with Gasteiger partial charge in [-0.25, -0.2) is 4.68 Å². The fourth-order valence-electron chi connectivity index (χ4n) is 2.39. The maximum Gasteiger partial charge on any atom is 0.435 e. The lowest BCUT2D eigenvalue weighted by Crippen LogP contribution is -2.25. The van der Waals surface area contributed by atoms with Crippen LogP contribution in [0.5, 0.6) is 5.88 Å². The second-order valence-electron chi connectivity index (χ2n) is 5.82. The Bertz CT molecular complexity index is 716. The van der Waals surface area contributed by atoms with Crippen molar-refractivity contribution in [1.29, 1.82) is 0 Å². The molecule has 2 atom stereocenters. The molecule has 0 aliphatic carbocycles. The van der Waals surface area contributed by atoms with E-state index in [-0.39, 0.29) is 12.1 Å². The van der Waals surface area contributed by atoms with Gasteiger partial charge >= 0.3 is 12.8 Å². The standard InChI is InChI=1S/C12H14F5N3O4S/c1-11(2)4-5(19-24-11)7(25(21)22)6-8(12(15,16)17)18-20(3)9(6)23-10(13)14/h7,10H,4H2,1-3H3,(H,21,22)/p-1. The number of hydrogen-bond acceptors (Lipinski definition) is 6. The summed E-state index contributed by atoms with van der Waals surface area (Å²) in [5.74, 6) is -1.01. The van der Waals surface area contributed by atoms with E-state index in [1.54, 1.807) is 13.8 Å². The SMILES string of the molecule is Cn1nc(C(F)(F)F)c(C(C2=NOC(C)(C)C2)S(=O)[O-])c1OC(F)F. The highest BCUT2D eigenvalue weighted by molar-refractivity contribution is 7.80. The highest BCUT2D eigenvalue weighted by Crippen LogP contribution is 2.43. The predicted molar refractivity (Wildman–Crippen MR) is 73.7 cm³/mol. The summed E-state index contributed by atoms with van der Waals surface area (Å²) in [4.78, 5) is 4.98. The van der Waals surface area contributed by atoms with Crippen LogP contribution in [-0.2, 0) is 29.1 Å². The normalized spacial score (nSPS) is 19.5. The number of halogens is 5. The minimum Gasteiger partial charge on any atom is -0.772 e. The Labute approximate surface area is 141 Å². The molecule has 2 unspecified atom stereocenters. The number of nitrogens with zero attached hydrogens (tertiary/aromatic N) is 3. The molecule has 1 aromatic heterocycles. The smallest absolute Gasteiger partial charge is 0.435 e. The summed E-state index contributed by atoms with van der Waals surface area (Å²) in [6.07, 6.45) is -5.21. The summed E-state index contributed by atoms with van der Waals surface area (Å²) in [7, 11) is 0.929. The molecule has 0 spiro atoms. The molecule has 13 heteroatoms. The lowest BCUT2D eigenvalue weighted by molar-refractivity contribution is -0.142. The van der Waals surface area contributed by atoms with Gasteiger partial charge in [-0.15, -0.1) is 0 Å². The maximum atomic E-state index is 13.3. The number of aromatic nitrogens is 2. The summed E-state index contributed by atoms with van der Waals surface area (Å²) >= 11 is -3.17. The molecule has 0 bridgehead atoms. The van der Waals surface area contributed by atoms with Crippen molar-refractivity contribution in [1.82, 2.24) is 9.78 Å². The molecule has 0 radical (unpaired) electrons. The van der Waals surface area contributed by atoms with Crippen molar-refractivity contribution in [3.05, 3.63) is 11.3 Å². The molecule has 142 valence electrons. The van der Waals surface area contributed by atoms with Crippen LogP contribution in [0.4, 0.5) is 22.0 Å². The van der Waals surface area contributed by atoms with Gasteiger partial charge in [0.15, 0.2) is 5.69 Å². The molecule has 0 N–H and O–H groups in total. The largest absolute Gasteiger partial charge is 0.772 e. The highest BCUT2D eigenvalue weighted by Gasteiger charge is 2.45. The summed E-state index contributed by atoms with van der Waals surface area (Å²) in [6, 6.07) is 0. The average Bonchev–Trinajstić information content (AvgIpc) is 2.92. The van der Waals surface area contributed by atoms with Crippen LogP contribution in [0.1, 0.15) is 36.8 Å². The van der Waals surface area contributed by atoms with Gasteiger partial charge in [0.1, 0.15) is 5.60 Å². The molecule has 7 nitrogen and oxygen atoms in total. The summed E-state index contributed by atoms with van der Waals surface area (Å²) in [6.45, 7) is -0.397. The van der Waals surface area contributed by atoms with E-state index in [2.05, 4.69) is 15.0 Å². The number of aryl methyl sites for hydroxylation is 1. The molecule has 0 fully saturated rings. The van der Waals surface area contributed by atoms with Gasteiger partial charge in [-0.2, -0.15) is 27.1 Å². The van der Waals surface area contributed by atoms with Crippen molar-refractivity contribution in [3.8, 4) is 5.88 Å². The number of oxime groups is 1. The zero-order valence-electron chi connectivity index (χ0n) is 13.1. The predicted octanol–water partition coefficient (Wildman–Crippen LogP) is 2.52.